The number of aromatic nitrogens is 1. The highest BCUT2D eigenvalue weighted by Gasteiger charge is 2.45. The summed E-state index contributed by atoms with van der Waals surface area (Å²) in [5, 5.41) is 15.3. The first-order chi connectivity index (χ1) is 30.7. The van der Waals surface area contributed by atoms with Gasteiger partial charge < -0.3 is 14.2 Å². The van der Waals surface area contributed by atoms with E-state index in [1.807, 2.05) is 24.3 Å². The van der Waals surface area contributed by atoms with Crippen LogP contribution in [0, 0.1) is 0 Å². The summed E-state index contributed by atoms with van der Waals surface area (Å²) >= 11 is 0. The number of benzene rings is 12. The molecule has 284 valence electrons. The van der Waals surface area contributed by atoms with Gasteiger partial charge in [0, 0.05) is 50.5 Å². The molecule has 0 N–H and O–H groups in total. The standard InChI is InChI=1S/C57H32BN3O/c1-3-15-40(16-4-1)60-47-31-39(57-59-46-19-7-8-20-49(46)62-57)32-48-54(47)58(44-29-37-23-21-33-11-9-13-35-25-27-42(55(44)60)52(37)50(33)35)45-30-38-24-22-34-12-10-14-36-26-28-43(53(38)51(34)36)56(45)61(48)41-17-5-2-6-18-41/h1-32H. The maximum absolute atomic E-state index is 6.66. The molecule has 0 saturated carbocycles. The number of hydrogen-bond acceptors (Lipinski definition) is 4. The second-order valence-electron chi connectivity index (χ2n) is 17.0. The summed E-state index contributed by atoms with van der Waals surface area (Å²) in [5.41, 5.74) is 13.3. The molecular weight excluding hydrogens is 753 g/mol. The number of anilines is 6. The molecule has 0 atom stereocenters. The van der Waals surface area contributed by atoms with Crippen LogP contribution in [-0.4, -0.2) is 11.7 Å². The van der Waals surface area contributed by atoms with E-state index in [0.29, 0.717) is 5.89 Å². The third-order valence-corrected chi connectivity index (χ3v) is 13.8. The van der Waals surface area contributed by atoms with Crippen LogP contribution in [-0.2, 0) is 0 Å². The predicted octanol–water partition coefficient (Wildman–Crippen LogP) is 13.4. The quantitative estimate of drug-likeness (QED) is 0.132. The van der Waals surface area contributed by atoms with Crippen molar-refractivity contribution in [1.82, 2.24) is 4.98 Å². The zero-order chi connectivity index (χ0) is 40.2. The lowest BCUT2D eigenvalue weighted by atomic mass is 9.33. The molecule has 3 heterocycles. The summed E-state index contributed by atoms with van der Waals surface area (Å²) in [4.78, 5) is 10.2. The van der Waals surface area contributed by atoms with Crippen molar-refractivity contribution in [2.24, 2.45) is 0 Å². The Hall–Kier alpha value is -8.15. The average Bonchev–Trinajstić information content (AvgIpc) is 3.77. The van der Waals surface area contributed by atoms with Gasteiger partial charge in [-0.2, -0.15) is 0 Å². The fraction of sp³-hybridized carbons (Fsp3) is 0. The molecule has 2 aliphatic heterocycles. The summed E-state index contributed by atoms with van der Waals surface area (Å²) in [6.07, 6.45) is 0. The molecule has 0 bridgehead atoms. The van der Waals surface area contributed by atoms with Crippen LogP contribution >= 0.6 is 0 Å². The second kappa shape index (κ2) is 11.8. The van der Waals surface area contributed by atoms with Crippen LogP contribution in [0.4, 0.5) is 34.1 Å². The number of rotatable bonds is 3. The van der Waals surface area contributed by atoms with Gasteiger partial charge in [-0.05, 0) is 119 Å². The first-order valence-corrected chi connectivity index (χ1v) is 21.4. The van der Waals surface area contributed by atoms with Crippen LogP contribution in [0.15, 0.2) is 199 Å². The molecule has 62 heavy (non-hydrogen) atoms. The van der Waals surface area contributed by atoms with E-state index < -0.39 is 0 Å². The van der Waals surface area contributed by atoms with Gasteiger partial charge in [-0.25, -0.2) is 4.98 Å². The average molecular weight is 786 g/mol. The van der Waals surface area contributed by atoms with E-state index in [-0.39, 0.29) is 6.71 Å². The molecule has 0 unspecified atom stereocenters. The third kappa shape index (κ3) is 4.19. The van der Waals surface area contributed by atoms with Crippen molar-refractivity contribution in [1.29, 1.82) is 0 Å². The zero-order valence-corrected chi connectivity index (χ0v) is 33.3. The van der Waals surface area contributed by atoms with E-state index in [4.69, 9.17) is 9.40 Å². The highest BCUT2D eigenvalue weighted by atomic mass is 16.3. The van der Waals surface area contributed by atoms with Crippen LogP contribution in [0.2, 0.25) is 0 Å². The largest absolute Gasteiger partial charge is 0.436 e. The van der Waals surface area contributed by atoms with Crippen molar-refractivity contribution in [2.45, 2.75) is 0 Å². The van der Waals surface area contributed by atoms with E-state index in [0.717, 1.165) is 39.4 Å². The summed E-state index contributed by atoms with van der Waals surface area (Å²) in [5.74, 6) is 0.602. The van der Waals surface area contributed by atoms with Gasteiger partial charge in [0.25, 0.3) is 6.71 Å². The highest BCUT2D eigenvalue weighted by Crippen LogP contribution is 2.51. The van der Waals surface area contributed by atoms with Gasteiger partial charge in [-0.1, -0.05) is 146 Å². The molecule has 1 aromatic heterocycles. The summed E-state index contributed by atoms with van der Waals surface area (Å²) in [6.45, 7) is -0.0913. The van der Waals surface area contributed by atoms with E-state index >= 15 is 0 Å². The molecule has 0 amide bonds. The Balaban J connectivity index is 1.16. The molecule has 0 fully saturated rings. The number of nitrogens with zero attached hydrogens (tertiary/aromatic N) is 3. The molecule has 2 aliphatic rings. The minimum absolute atomic E-state index is 0.0913. The Morgan fingerprint density at radius 1 is 0.403 bits per heavy atom. The smallest absolute Gasteiger partial charge is 0.252 e. The molecule has 0 saturated heterocycles. The molecule has 0 radical (unpaired) electrons. The minimum Gasteiger partial charge on any atom is -0.436 e. The van der Waals surface area contributed by atoms with Crippen LogP contribution in [0.5, 0.6) is 0 Å². The van der Waals surface area contributed by atoms with Crippen LogP contribution in [0.3, 0.4) is 0 Å². The van der Waals surface area contributed by atoms with Crippen LogP contribution < -0.4 is 26.2 Å². The molecular formula is C57H32BN3O. The molecule has 4 nitrogen and oxygen atoms in total. The monoisotopic (exact) mass is 785 g/mol. The first-order valence-electron chi connectivity index (χ1n) is 21.4. The Morgan fingerprint density at radius 3 is 1.39 bits per heavy atom. The van der Waals surface area contributed by atoms with Crippen LogP contribution in [0.1, 0.15) is 0 Å². The Labute approximate surface area is 356 Å². The Morgan fingerprint density at radius 2 is 0.871 bits per heavy atom. The summed E-state index contributed by atoms with van der Waals surface area (Å²) in [7, 11) is 0. The lowest BCUT2D eigenvalue weighted by molar-refractivity contribution is 0.620. The first kappa shape index (κ1) is 32.7. The Kier molecular flexibility index (Phi) is 6.21. The third-order valence-electron chi connectivity index (χ3n) is 13.8. The van der Waals surface area contributed by atoms with Crippen LogP contribution in [0.25, 0.3) is 87.2 Å². The number of oxazole rings is 1. The Bertz CT molecular complexity index is 3720. The summed E-state index contributed by atoms with van der Waals surface area (Å²) in [6, 6.07) is 71.6. The second-order valence-corrected chi connectivity index (χ2v) is 17.0. The zero-order valence-electron chi connectivity index (χ0n) is 33.3. The summed E-state index contributed by atoms with van der Waals surface area (Å²) < 4.78 is 6.66. The fourth-order valence-electron chi connectivity index (χ4n) is 11.4. The number of para-hydroxylation sites is 4. The molecule has 13 aromatic rings. The molecule has 12 aromatic carbocycles. The van der Waals surface area contributed by atoms with Crippen molar-refractivity contribution >= 4 is 133 Å². The van der Waals surface area contributed by atoms with Crippen molar-refractivity contribution in [2.75, 3.05) is 9.80 Å². The fourth-order valence-corrected chi connectivity index (χ4v) is 11.4. The maximum Gasteiger partial charge on any atom is 0.252 e. The van der Waals surface area contributed by atoms with E-state index in [9.17, 15) is 0 Å². The van der Waals surface area contributed by atoms with Crippen molar-refractivity contribution in [3.8, 4) is 11.5 Å². The lowest BCUT2D eigenvalue weighted by Crippen LogP contribution is -2.61. The van der Waals surface area contributed by atoms with E-state index in [1.54, 1.807) is 0 Å². The van der Waals surface area contributed by atoms with Gasteiger partial charge in [0.1, 0.15) is 5.52 Å². The van der Waals surface area contributed by atoms with Crippen molar-refractivity contribution in [3.63, 3.8) is 0 Å². The van der Waals surface area contributed by atoms with E-state index in [1.165, 1.54) is 92.4 Å². The molecule has 15 rings (SSSR count). The van der Waals surface area contributed by atoms with Gasteiger partial charge in [0.05, 0.1) is 0 Å². The van der Waals surface area contributed by atoms with Crippen molar-refractivity contribution < 1.29 is 4.42 Å². The molecule has 0 spiro atoms. The van der Waals surface area contributed by atoms with Crippen molar-refractivity contribution in [3.05, 3.63) is 194 Å². The van der Waals surface area contributed by atoms with Gasteiger partial charge >= 0.3 is 0 Å². The van der Waals surface area contributed by atoms with Gasteiger partial charge in [-0.3, -0.25) is 0 Å². The van der Waals surface area contributed by atoms with Gasteiger partial charge in [0.2, 0.25) is 5.89 Å². The lowest BCUT2D eigenvalue weighted by Gasteiger charge is -2.45. The number of fused-ring (bicyclic) bond motifs is 7. The van der Waals surface area contributed by atoms with Gasteiger partial charge in [-0.15, -0.1) is 0 Å². The molecule has 0 aliphatic carbocycles. The topological polar surface area (TPSA) is 32.5 Å². The SMILES string of the molecule is c1ccc(N2c3cc(-c4nc5ccccc5o4)cc4c3B(c3cc5ccc6cccc7ccc(c32)c5c67)c2cc3ccc5cccc6ccc(c2N4c2ccccc2)c3c56)cc1. The highest BCUT2D eigenvalue weighted by molar-refractivity contribution is 7.01. The van der Waals surface area contributed by atoms with E-state index in [2.05, 4.69) is 180 Å². The van der Waals surface area contributed by atoms with Gasteiger partial charge in [0.15, 0.2) is 5.58 Å². The molecule has 5 heteroatoms. The maximum atomic E-state index is 6.66. The normalized spacial score (nSPS) is 13.4. The predicted molar refractivity (Wildman–Crippen MR) is 261 cm³/mol. The number of hydrogen-bond donors (Lipinski definition) is 0. The minimum atomic E-state index is -0.0913.